The molecule has 0 saturated heterocycles. The lowest BCUT2D eigenvalue weighted by molar-refractivity contribution is 0.283. The third-order valence-electron chi connectivity index (χ3n) is 2.79. The van der Waals surface area contributed by atoms with Crippen molar-refractivity contribution >= 4 is 0 Å². The molecule has 0 unspecified atom stereocenters. The van der Waals surface area contributed by atoms with Crippen LogP contribution in [-0.4, -0.2) is 0 Å². The van der Waals surface area contributed by atoms with Gasteiger partial charge in [-0.1, -0.05) is 83.6 Å². The van der Waals surface area contributed by atoms with Gasteiger partial charge >= 0.3 is 0 Å². The lowest BCUT2D eigenvalue weighted by Gasteiger charge is -2.22. The summed E-state index contributed by atoms with van der Waals surface area (Å²) in [5, 5.41) is 0. The molecule has 0 N–H and O–H groups in total. The standard InChI is InChI=1S/C7H16.C6H14.2CH4/c1-6(2)7(3,4)5;1-5-6(2,3)4;;/h6H,1-5H3;5H2,1-4H3;2*1H4. The Balaban J connectivity index is -0.0000000718. The number of hydrogen-bond donors (Lipinski definition) is 0. The highest BCUT2D eigenvalue weighted by Gasteiger charge is 2.13. The van der Waals surface area contributed by atoms with Crippen LogP contribution in [0.3, 0.4) is 0 Å². The molecule has 98 valence electrons. The first kappa shape index (κ1) is 24.3. The number of rotatable bonds is 0. The molecule has 0 aromatic rings. The van der Waals surface area contributed by atoms with E-state index in [9.17, 15) is 0 Å². The third kappa shape index (κ3) is 24.9. The van der Waals surface area contributed by atoms with E-state index < -0.39 is 0 Å². The molecule has 0 amide bonds. The fourth-order valence-electron chi connectivity index (χ4n) is 0. The van der Waals surface area contributed by atoms with Crippen molar-refractivity contribution in [1.29, 1.82) is 0 Å². The molecule has 0 saturated carbocycles. The molecule has 15 heavy (non-hydrogen) atoms. The van der Waals surface area contributed by atoms with Gasteiger partial charge in [0.15, 0.2) is 0 Å². The van der Waals surface area contributed by atoms with E-state index in [1.54, 1.807) is 0 Å². The van der Waals surface area contributed by atoms with E-state index in [4.69, 9.17) is 0 Å². The van der Waals surface area contributed by atoms with Gasteiger partial charge in [-0.15, -0.1) is 0 Å². The van der Waals surface area contributed by atoms with Crippen LogP contribution in [0.1, 0.15) is 83.6 Å². The zero-order valence-corrected chi connectivity index (χ0v) is 11.3. The van der Waals surface area contributed by atoms with Crippen LogP contribution in [0.15, 0.2) is 0 Å². The Labute approximate surface area is 101 Å². The summed E-state index contributed by atoms with van der Waals surface area (Å²) in [4.78, 5) is 0. The molecule has 0 bridgehead atoms. The molecule has 0 heterocycles. The summed E-state index contributed by atoms with van der Waals surface area (Å²) in [7, 11) is 0. The van der Waals surface area contributed by atoms with Crippen LogP contribution in [0, 0.1) is 16.7 Å². The van der Waals surface area contributed by atoms with E-state index in [2.05, 4.69) is 62.3 Å². The van der Waals surface area contributed by atoms with Crippen molar-refractivity contribution in [3.63, 3.8) is 0 Å². The quantitative estimate of drug-likeness (QED) is 0.441. The Kier molecular flexibility index (Phi) is 15.0. The van der Waals surface area contributed by atoms with Crippen molar-refractivity contribution in [3.8, 4) is 0 Å². The summed E-state index contributed by atoms with van der Waals surface area (Å²) in [6.45, 7) is 20.2. The normalized spacial score (nSPS) is 10.8. The maximum Gasteiger partial charge on any atom is -0.0360 e. The van der Waals surface area contributed by atoms with Gasteiger partial charge in [0.1, 0.15) is 0 Å². The molecule has 0 rings (SSSR count). The Morgan fingerprint density at radius 3 is 0.933 bits per heavy atom. The molecule has 0 fully saturated rings. The van der Waals surface area contributed by atoms with Gasteiger partial charge in [-0.3, -0.25) is 0 Å². The highest BCUT2D eigenvalue weighted by molar-refractivity contribution is 4.64. The van der Waals surface area contributed by atoms with E-state index in [1.807, 2.05) is 0 Å². The average molecular weight is 218 g/mol. The van der Waals surface area contributed by atoms with Crippen molar-refractivity contribution in [2.24, 2.45) is 16.7 Å². The Bertz CT molecular complexity index is 107. The SMILES string of the molecule is C.C.CC(C)C(C)(C)C.CCC(C)(C)C. The van der Waals surface area contributed by atoms with Crippen molar-refractivity contribution in [2.75, 3.05) is 0 Å². The minimum atomic E-state index is 0. The van der Waals surface area contributed by atoms with E-state index in [0.29, 0.717) is 10.8 Å². The molecule has 0 aliphatic carbocycles. The van der Waals surface area contributed by atoms with Crippen LogP contribution >= 0.6 is 0 Å². The predicted octanol–water partition coefficient (Wildman–Crippen LogP) is 6.40. The topological polar surface area (TPSA) is 0 Å². The third-order valence-corrected chi connectivity index (χ3v) is 2.79. The highest BCUT2D eigenvalue weighted by atomic mass is 14.2. The summed E-state index contributed by atoms with van der Waals surface area (Å²) in [5.41, 5.74) is 1.04. The van der Waals surface area contributed by atoms with E-state index in [1.165, 1.54) is 6.42 Å². The van der Waals surface area contributed by atoms with Gasteiger partial charge in [0.2, 0.25) is 0 Å². The first-order valence-electron chi connectivity index (χ1n) is 5.50. The van der Waals surface area contributed by atoms with Crippen LogP contribution in [0.2, 0.25) is 0 Å². The molecule has 0 aromatic heterocycles. The van der Waals surface area contributed by atoms with Crippen LogP contribution in [0.5, 0.6) is 0 Å². The van der Waals surface area contributed by atoms with Gasteiger partial charge in [0, 0.05) is 0 Å². The van der Waals surface area contributed by atoms with Crippen molar-refractivity contribution < 1.29 is 0 Å². The van der Waals surface area contributed by atoms with E-state index in [0.717, 1.165) is 5.92 Å². The maximum atomic E-state index is 2.26. The molecule has 0 nitrogen and oxygen atoms in total. The van der Waals surface area contributed by atoms with Gasteiger partial charge in [-0.25, -0.2) is 0 Å². The predicted molar refractivity (Wildman–Crippen MR) is 77.5 cm³/mol. The molecule has 0 aromatic carbocycles. The van der Waals surface area contributed by atoms with Gasteiger partial charge in [-0.05, 0) is 16.7 Å². The lowest BCUT2D eigenvalue weighted by atomic mass is 9.84. The Morgan fingerprint density at radius 1 is 0.800 bits per heavy atom. The Morgan fingerprint density at radius 2 is 0.933 bits per heavy atom. The zero-order valence-electron chi connectivity index (χ0n) is 11.3. The first-order chi connectivity index (χ1) is 5.50. The average Bonchev–Trinajstić information content (AvgIpc) is 1.85. The molecule has 0 atom stereocenters. The maximum absolute atomic E-state index is 2.26. The van der Waals surface area contributed by atoms with Gasteiger partial charge in [-0.2, -0.15) is 0 Å². The second kappa shape index (κ2) is 9.24. The Hall–Kier alpha value is 0. The monoisotopic (exact) mass is 218 g/mol. The van der Waals surface area contributed by atoms with Crippen molar-refractivity contribution in [3.05, 3.63) is 0 Å². The first-order valence-corrected chi connectivity index (χ1v) is 5.50. The molecule has 0 aliphatic heterocycles. The molecular weight excluding hydrogens is 180 g/mol. The molecule has 0 aliphatic rings. The second-order valence-electron chi connectivity index (χ2n) is 6.43. The highest BCUT2D eigenvalue weighted by Crippen LogP contribution is 2.23. The van der Waals surface area contributed by atoms with Crippen molar-refractivity contribution in [2.45, 2.75) is 83.6 Å². The second-order valence-corrected chi connectivity index (χ2v) is 6.43. The summed E-state index contributed by atoms with van der Waals surface area (Å²) in [6.07, 6.45) is 1.27. The lowest BCUT2D eigenvalue weighted by Crippen LogP contribution is -2.12. The summed E-state index contributed by atoms with van der Waals surface area (Å²) in [5.74, 6) is 0.799. The van der Waals surface area contributed by atoms with Gasteiger partial charge in [0.05, 0.1) is 0 Å². The number of hydrogen-bond acceptors (Lipinski definition) is 0. The van der Waals surface area contributed by atoms with Crippen molar-refractivity contribution in [1.82, 2.24) is 0 Å². The zero-order chi connectivity index (χ0) is 11.3. The van der Waals surface area contributed by atoms with Crippen LogP contribution in [0.25, 0.3) is 0 Å². The minimum Gasteiger partial charge on any atom is -0.0776 e. The summed E-state index contributed by atoms with van der Waals surface area (Å²) in [6, 6.07) is 0. The van der Waals surface area contributed by atoms with E-state index >= 15 is 0 Å². The fourth-order valence-corrected chi connectivity index (χ4v) is 0. The molecule has 0 radical (unpaired) electrons. The van der Waals surface area contributed by atoms with Gasteiger partial charge < -0.3 is 0 Å². The molecular formula is C15H38. The van der Waals surface area contributed by atoms with Crippen LogP contribution < -0.4 is 0 Å². The van der Waals surface area contributed by atoms with Gasteiger partial charge in [0.25, 0.3) is 0 Å². The minimum absolute atomic E-state index is 0. The molecule has 0 spiro atoms. The van der Waals surface area contributed by atoms with E-state index in [-0.39, 0.29) is 14.9 Å². The molecule has 0 heteroatoms. The van der Waals surface area contributed by atoms with Crippen LogP contribution in [0.4, 0.5) is 0 Å². The van der Waals surface area contributed by atoms with Crippen LogP contribution in [-0.2, 0) is 0 Å². The summed E-state index contributed by atoms with van der Waals surface area (Å²) < 4.78 is 0. The largest absolute Gasteiger partial charge is 0.0776 e. The summed E-state index contributed by atoms with van der Waals surface area (Å²) >= 11 is 0. The smallest absolute Gasteiger partial charge is 0.0360 e. The fraction of sp³-hybridized carbons (Fsp3) is 1.00.